The van der Waals surface area contributed by atoms with Crippen molar-refractivity contribution < 1.29 is 14.3 Å². The van der Waals surface area contributed by atoms with Crippen molar-refractivity contribution in [3.05, 3.63) is 36.0 Å². The average Bonchev–Trinajstić information content (AvgIpc) is 2.88. The van der Waals surface area contributed by atoms with Crippen LogP contribution in [0.1, 0.15) is 10.5 Å². The van der Waals surface area contributed by atoms with E-state index in [4.69, 9.17) is 9.47 Å². The number of carbonyl (C=O) groups excluding carboxylic acids is 1. The number of nitrogens with one attached hydrogen (secondary N) is 1. The summed E-state index contributed by atoms with van der Waals surface area (Å²) in [5.41, 5.74) is 0.329. The van der Waals surface area contributed by atoms with Crippen molar-refractivity contribution in [2.75, 3.05) is 13.4 Å². The van der Waals surface area contributed by atoms with Gasteiger partial charge in [-0.25, -0.2) is 4.79 Å². The molecular formula is C12H12N2O3S. The molecule has 18 heavy (non-hydrogen) atoms. The van der Waals surface area contributed by atoms with Crippen LogP contribution in [0.3, 0.4) is 0 Å². The highest BCUT2D eigenvalue weighted by Crippen LogP contribution is 2.18. The summed E-state index contributed by atoms with van der Waals surface area (Å²) in [6.45, 7) is 0. The van der Waals surface area contributed by atoms with Crippen LogP contribution in [0, 0.1) is 0 Å². The van der Waals surface area contributed by atoms with Gasteiger partial charge >= 0.3 is 5.97 Å². The molecule has 94 valence electrons. The quantitative estimate of drug-likeness (QED) is 0.521. The van der Waals surface area contributed by atoms with E-state index in [9.17, 15) is 4.79 Å². The van der Waals surface area contributed by atoms with E-state index >= 15 is 0 Å². The molecule has 5 nitrogen and oxygen atoms in total. The van der Waals surface area contributed by atoms with Crippen molar-refractivity contribution in [1.29, 1.82) is 0 Å². The Morgan fingerprint density at radius 3 is 2.50 bits per heavy atom. The standard InChI is InChI=1S/C12H12N2O3S/c1-16-8-3-5-9(6-4-8)17-12(15)10-7-11(18-2)14-13-10/h3-7H,1-2H3,(H,13,14). The van der Waals surface area contributed by atoms with Gasteiger partial charge in [-0.2, -0.15) is 5.10 Å². The van der Waals surface area contributed by atoms with Gasteiger partial charge < -0.3 is 9.47 Å². The zero-order chi connectivity index (χ0) is 13.0. The van der Waals surface area contributed by atoms with Gasteiger partial charge in [0.15, 0.2) is 0 Å². The molecule has 2 aromatic rings. The fourth-order valence-electron chi connectivity index (χ4n) is 1.32. The normalized spacial score (nSPS) is 10.1. The fourth-order valence-corrected chi connectivity index (χ4v) is 1.69. The molecule has 6 heteroatoms. The lowest BCUT2D eigenvalue weighted by Gasteiger charge is -2.03. The zero-order valence-electron chi connectivity index (χ0n) is 9.97. The first-order valence-electron chi connectivity index (χ1n) is 5.18. The third-order valence-corrected chi connectivity index (χ3v) is 2.88. The van der Waals surface area contributed by atoms with Crippen molar-refractivity contribution in [3.8, 4) is 11.5 Å². The summed E-state index contributed by atoms with van der Waals surface area (Å²) >= 11 is 1.45. The van der Waals surface area contributed by atoms with Crippen LogP contribution < -0.4 is 9.47 Å². The van der Waals surface area contributed by atoms with Crippen molar-refractivity contribution in [2.45, 2.75) is 5.03 Å². The number of nitrogens with zero attached hydrogens (tertiary/aromatic N) is 1. The molecule has 0 spiro atoms. The molecule has 1 N–H and O–H groups in total. The Bertz CT molecular complexity index is 537. The second-order valence-corrected chi connectivity index (χ2v) is 4.22. The van der Waals surface area contributed by atoms with Crippen LogP contribution in [0.15, 0.2) is 35.4 Å². The Morgan fingerprint density at radius 2 is 1.94 bits per heavy atom. The van der Waals surface area contributed by atoms with Gasteiger partial charge in [0.05, 0.1) is 7.11 Å². The predicted octanol–water partition coefficient (Wildman–Crippen LogP) is 2.36. The number of carbonyl (C=O) groups is 1. The molecule has 0 saturated heterocycles. The first-order valence-corrected chi connectivity index (χ1v) is 6.41. The van der Waals surface area contributed by atoms with Crippen LogP contribution in [-0.2, 0) is 0 Å². The molecule has 1 aromatic carbocycles. The largest absolute Gasteiger partial charge is 0.497 e. The highest BCUT2D eigenvalue weighted by atomic mass is 32.2. The van der Waals surface area contributed by atoms with Gasteiger partial charge in [-0.3, -0.25) is 5.10 Å². The molecule has 0 saturated carbocycles. The number of aromatic nitrogens is 2. The molecule has 0 atom stereocenters. The van der Waals surface area contributed by atoms with Crippen LogP contribution in [-0.4, -0.2) is 29.5 Å². The van der Waals surface area contributed by atoms with Crippen LogP contribution >= 0.6 is 11.8 Å². The van der Waals surface area contributed by atoms with Gasteiger partial charge in [-0.05, 0) is 30.5 Å². The molecule has 0 fully saturated rings. The molecule has 0 unspecified atom stereocenters. The third kappa shape index (κ3) is 2.84. The third-order valence-electron chi connectivity index (χ3n) is 2.25. The Hall–Kier alpha value is -1.95. The van der Waals surface area contributed by atoms with E-state index in [0.717, 1.165) is 5.03 Å². The van der Waals surface area contributed by atoms with Crippen molar-refractivity contribution in [3.63, 3.8) is 0 Å². The Balaban J connectivity index is 2.06. The molecule has 0 aliphatic heterocycles. The first kappa shape index (κ1) is 12.5. The molecule has 0 bridgehead atoms. The number of benzene rings is 1. The SMILES string of the molecule is COc1ccc(OC(=O)c2cc(SC)n[nH]2)cc1. The highest BCUT2D eigenvalue weighted by molar-refractivity contribution is 7.98. The zero-order valence-corrected chi connectivity index (χ0v) is 10.8. The molecule has 2 rings (SSSR count). The molecule has 0 aliphatic carbocycles. The Morgan fingerprint density at radius 1 is 1.28 bits per heavy atom. The molecule has 1 heterocycles. The van der Waals surface area contributed by atoms with Crippen LogP contribution in [0.2, 0.25) is 0 Å². The van der Waals surface area contributed by atoms with E-state index in [0.29, 0.717) is 17.2 Å². The summed E-state index contributed by atoms with van der Waals surface area (Å²) in [5.74, 6) is 0.704. The van der Waals surface area contributed by atoms with E-state index in [1.165, 1.54) is 11.8 Å². The number of hydrogen-bond donors (Lipinski definition) is 1. The summed E-state index contributed by atoms with van der Waals surface area (Å²) in [7, 11) is 1.58. The van der Waals surface area contributed by atoms with Gasteiger partial charge in [-0.1, -0.05) is 0 Å². The molecule has 0 aliphatic rings. The number of H-pyrrole nitrogens is 1. The first-order chi connectivity index (χ1) is 8.72. The molecule has 1 aromatic heterocycles. The summed E-state index contributed by atoms with van der Waals surface area (Å²) in [4.78, 5) is 11.8. The Kier molecular flexibility index (Phi) is 3.88. The number of rotatable bonds is 4. The smallest absolute Gasteiger partial charge is 0.361 e. The summed E-state index contributed by atoms with van der Waals surface area (Å²) < 4.78 is 10.2. The van der Waals surface area contributed by atoms with Crippen molar-refractivity contribution >= 4 is 17.7 Å². The van der Waals surface area contributed by atoms with E-state index in [-0.39, 0.29) is 0 Å². The lowest BCUT2D eigenvalue weighted by Crippen LogP contribution is -2.08. The number of methoxy groups -OCH3 is 1. The number of thioether (sulfide) groups is 1. The average molecular weight is 264 g/mol. The maximum absolute atomic E-state index is 11.8. The van der Waals surface area contributed by atoms with Crippen LogP contribution in [0.25, 0.3) is 0 Å². The Labute approximate surface area is 108 Å². The number of hydrogen-bond acceptors (Lipinski definition) is 5. The number of aromatic amines is 1. The van der Waals surface area contributed by atoms with E-state index in [1.807, 2.05) is 6.26 Å². The minimum absolute atomic E-state index is 0.329. The van der Waals surface area contributed by atoms with Gasteiger partial charge in [0.2, 0.25) is 0 Å². The topological polar surface area (TPSA) is 64.2 Å². The maximum atomic E-state index is 11.8. The van der Waals surface area contributed by atoms with Gasteiger partial charge in [0, 0.05) is 6.07 Å². The minimum Gasteiger partial charge on any atom is -0.497 e. The van der Waals surface area contributed by atoms with E-state index in [2.05, 4.69) is 10.2 Å². The summed E-state index contributed by atoms with van der Waals surface area (Å²) in [6.07, 6.45) is 1.88. The number of esters is 1. The second-order valence-electron chi connectivity index (χ2n) is 3.39. The second kappa shape index (κ2) is 5.59. The van der Waals surface area contributed by atoms with E-state index < -0.39 is 5.97 Å². The summed E-state index contributed by atoms with van der Waals surface area (Å²) in [6, 6.07) is 8.44. The van der Waals surface area contributed by atoms with Crippen molar-refractivity contribution in [2.24, 2.45) is 0 Å². The lowest BCUT2D eigenvalue weighted by molar-refractivity contribution is 0.0728. The monoisotopic (exact) mass is 264 g/mol. The van der Waals surface area contributed by atoms with Crippen molar-refractivity contribution in [1.82, 2.24) is 10.2 Å². The van der Waals surface area contributed by atoms with Gasteiger partial charge in [-0.15, -0.1) is 11.8 Å². The fraction of sp³-hybridized carbons (Fsp3) is 0.167. The predicted molar refractivity (Wildman–Crippen MR) is 68.3 cm³/mol. The maximum Gasteiger partial charge on any atom is 0.361 e. The highest BCUT2D eigenvalue weighted by Gasteiger charge is 2.12. The molecule has 0 radical (unpaired) electrons. The minimum atomic E-state index is -0.465. The van der Waals surface area contributed by atoms with Crippen LogP contribution in [0.4, 0.5) is 0 Å². The summed E-state index contributed by atoms with van der Waals surface area (Å²) in [5, 5.41) is 7.32. The van der Waals surface area contributed by atoms with Gasteiger partial charge in [0.1, 0.15) is 22.2 Å². The van der Waals surface area contributed by atoms with Crippen LogP contribution in [0.5, 0.6) is 11.5 Å². The number of ether oxygens (including phenoxy) is 2. The van der Waals surface area contributed by atoms with Gasteiger partial charge in [0.25, 0.3) is 0 Å². The van der Waals surface area contributed by atoms with E-state index in [1.54, 1.807) is 37.4 Å². The molecule has 0 amide bonds. The lowest BCUT2D eigenvalue weighted by atomic mass is 10.3. The molecular weight excluding hydrogens is 252 g/mol.